The SMILES string of the molecule is Cc1ccc(C2CCNCC2C)cc1Br. The Balaban J connectivity index is 2.24. The molecule has 0 bridgehead atoms. The quantitative estimate of drug-likeness (QED) is 0.822. The molecule has 2 heteroatoms. The Kier molecular flexibility index (Phi) is 3.47. The summed E-state index contributed by atoms with van der Waals surface area (Å²) < 4.78 is 1.24. The molecule has 0 aromatic heterocycles. The second-order valence-corrected chi connectivity index (χ2v) is 5.44. The van der Waals surface area contributed by atoms with Gasteiger partial charge in [0, 0.05) is 4.47 Å². The van der Waals surface area contributed by atoms with E-state index in [1.54, 1.807) is 0 Å². The molecule has 0 radical (unpaired) electrons. The zero-order chi connectivity index (χ0) is 10.8. The molecule has 1 N–H and O–H groups in total. The molecule has 1 aliphatic rings. The first kappa shape index (κ1) is 11.2. The Morgan fingerprint density at radius 1 is 1.40 bits per heavy atom. The molecule has 2 atom stereocenters. The molecule has 1 aliphatic heterocycles. The molecule has 1 nitrogen and oxygen atoms in total. The number of hydrogen-bond donors (Lipinski definition) is 1. The molecular weight excluding hydrogens is 250 g/mol. The van der Waals surface area contributed by atoms with Crippen LogP contribution < -0.4 is 5.32 Å². The predicted octanol–water partition coefficient (Wildman–Crippen LogP) is 3.47. The van der Waals surface area contributed by atoms with Crippen molar-refractivity contribution < 1.29 is 0 Å². The molecule has 0 spiro atoms. The minimum atomic E-state index is 0.725. The molecule has 1 aromatic carbocycles. The van der Waals surface area contributed by atoms with Crippen LogP contribution in [0.25, 0.3) is 0 Å². The number of piperidine rings is 1. The normalized spacial score (nSPS) is 26.6. The highest BCUT2D eigenvalue weighted by atomic mass is 79.9. The number of hydrogen-bond acceptors (Lipinski definition) is 1. The third kappa shape index (κ3) is 2.43. The average Bonchev–Trinajstić information content (AvgIpc) is 2.23. The van der Waals surface area contributed by atoms with Crippen molar-refractivity contribution in [2.75, 3.05) is 13.1 Å². The Morgan fingerprint density at radius 3 is 2.87 bits per heavy atom. The van der Waals surface area contributed by atoms with Gasteiger partial charge in [-0.2, -0.15) is 0 Å². The first-order valence-corrected chi connectivity index (χ1v) is 6.44. The Morgan fingerprint density at radius 2 is 2.20 bits per heavy atom. The molecule has 15 heavy (non-hydrogen) atoms. The highest BCUT2D eigenvalue weighted by Crippen LogP contribution is 2.32. The topological polar surface area (TPSA) is 12.0 Å². The second kappa shape index (κ2) is 4.67. The van der Waals surface area contributed by atoms with E-state index < -0.39 is 0 Å². The molecule has 1 saturated heterocycles. The van der Waals surface area contributed by atoms with Crippen LogP contribution in [0, 0.1) is 12.8 Å². The standard InChI is InChI=1S/C13H18BrN/c1-9-3-4-11(7-13(9)14)12-5-6-15-8-10(12)2/h3-4,7,10,12,15H,5-6,8H2,1-2H3. The zero-order valence-corrected chi connectivity index (χ0v) is 11.0. The predicted molar refractivity (Wildman–Crippen MR) is 68.3 cm³/mol. The van der Waals surface area contributed by atoms with Crippen molar-refractivity contribution in [3.8, 4) is 0 Å². The molecule has 1 fully saturated rings. The van der Waals surface area contributed by atoms with Crippen molar-refractivity contribution in [1.82, 2.24) is 5.32 Å². The number of aryl methyl sites for hydroxylation is 1. The van der Waals surface area contributed by atoms with Crippen molar-refractivity contribution in [1.29, 1.82) is 0 Å². The van der Waals surface area contributed by atoms with Gasteiger partial charge >= 0.3 is 0 Å². The lowest BCUT2D eigenvalue weighted by Gasteiger charge is -2.30. The largest absolute Gasteiger partial charge is 0.316 e. The zero-order valence-electron chi connectivity index (χ0n) is 9.39. The van der Waals surface area contributed by atoms with Gasteiger partial charge in [0.1, 0.15) is 0 Å². The van der Waals surface area contributed by atoms with Crippen molar-refractivity contribution in [2.45, 2.75) is 26.2 Å². The summed E-state index contributed by atoms with van der Waals surface area (Å²) in [5.41, 5.74) is 2.81. The van der Waals surface area contributed by atoms with Gasteiger partial charge in [0.15, 0.2) is 0 Å². The third-order valence-electron chi connectivity index (χ3n) is 3.41. The van der Waals surface area contributed by atoms with Crippen LogP contribution in [0.2, 0.25) is 0 Å². The van der Waals surface area contributed by atoms with E-state index in [0.29, 0.717) is 0 Å². The number of benzene rings is 1. The molecule has 0 saturated carbocycles. The van der Waals surface area contributed by atoms with Crippen molar-refractivity contribution in [2.24, 2.45) is 5.92 Å². The van der Waals surface area contributed by atoms with Crippen LogP contribution in [0.4, 0.5) is 0 Å². The van der Waals surface area contributed by atoms with Crippen LogP contribution in [0.15, 0.2) is 22.7 Å². The average molecular weight is 268 g/mol. The molecule has 0 aliphatic carbocycles. The van der Waals surface area contributed by atoms with Gasteiger partial charge in [0.2, 0.25) is 0 Å². The minimum absolute atomic E-state index is 0.725. The molecule has 82 valence electrons. The van der Waals surface area contributed by atoms with E-state index in [2.05, 4.69) is 53.3 Å². The summed E-state index contributed by atoms with van der Waals surface area (Å²) in [6.07, 6.45) is 1.26. The van der Waals surface area contributed by atoms with Gasteiger partial charge in [-0.15, -0.1) is 0 Å². The second-order valence-electron chi connectivity index (χ2n) is 4.59. The monoisotopic (exact) mass is 267 g/mol. The van der Waals surface area contributed by atoms with E-state index >= 15 is 0 Å². The van der Waals surface area contributed by atoms with Crippen LogP contribution in [-0.4, -0.2) is 13.1 Å². The van der Waals surface area contributed by atoms with Gasteiger partial charge in [0.25, 0.3) is 0 Å². The van der Waals surface area contributed by atoms with Gasteiger partial charge in [-0.3, -0.25) is 0 Å². The van der Waals surface area contributed by atoms with Crippen LogP contribution in [0.1, 0.15) is 30.4 Å². The maximum Gasteiger partial charge on any atom is 0.0207 e. The first-order chi connectivity index (χ1) is 7.18. The van der Waals surface area contributed by atoms with Crippen LogP contribution >= 0.6 is 15.9 Å². The van der Waals surface area contributed by atoms with Crippen LogP contribution in [-0.2, 0) is 0 Å². The van der Waals surface area contributed by atoms with Crippen LogP contribution in [0.3, 0.4) is 0 Å². The molecular formula is C13H18BrN. The lowest BCUT2D eigenvalue weighted by molar-refractivity contribution is 0.349. The summed E-state index contributed by atoms with van der Waals surface area (Å²) in [7, 11) is 0. The van der Waals surface area contributed by atoms with E-state index in [9.17, 15) is 0 Å². The van der Waals surface area contributed by atoms with Gasteiger partial charge in [-0.1, -0.05) is 35.0 Å². The Bertz CT molecular complexity index is 348. The number of rotatable bonds is 1. The highest BCUT2D eigenvalue weighted by molar-refractivity contribution is 9.10. The van der Waals surface area contributed by atoms with E-state index in [1.807, 2.05) is 0 Å². The third-order valence-corrected chi connectivity index (χ3v) is 4.26. The smallest absolute Gasteiger partial charge is 0.0207 e. The van der Waals surface area contributed by atoms with E-state index in [4.69, 9.17) is 0 Å². The Labute approximate surface area is 100 Å². The molecule has 1 heterocycles. The van der Waals surface area contributed by atoms with Crippen molar-refractivity contribution in [3.05, 3.63) is 33.8 Å². The summed E-state index contributed by atoms with van der Waals surface area (Å²) in [5, 5.41) is 3.45. The highest BCUT2D eigenvalue weighted by Gasteiger charge is 2.22. The first-order valence-electron chi connectivity index (χ1n) is 5.65. The summed E-state index contributed by atoms with van der Waals surface area (Å²) in [5.74, 6) is 1.47. The molecule has 0 amide bonds. The van der Waals surface area contributed by atoms with Crippen LogP contribution in [0.5, 0.6) is 0 Å². The summed E-state index contributed by atoms with van der Waals surface area (Å²) >= 11 is 3.62. The fourth-order valence-electron chi connectivity index (χ4n) is 2.35. The molecule has 2 unspecified atom stereocenters. The maximum absolute atomic E-state index is 3.62. The fraction of sp³-hybridized carbons (Fsp3) is 0.538. The van der Waals surface area contributed by atoms with Gasteiger partial charge in [0.05, 0.1) is 0 Å². The van der Waals surface area contributed by atoms with E-state index in [1.165, 1.54) is 22.0 Å². The van der Waals surface area contributed by atoms with E-state index in [0.717, 1.165) is 24.9 Å². The molecule has 2 rings (SSSR count). The molecule has 1 aromatic rings. The van der Waals surface area contributed by atoms with E-state index in [-0.39, 0.29) is 0 Å². The Hall–Kier alpha value is -0.340. The summed E-state index contributed by atoms with van der Waals surface area (Å²) in [4.78, 5) is 0. The number of nitrogens with one attached hydrogen (secondary N) is 1. The summed E-state index contributed by atoms with van der Waals surface area (Å²) in [6, 6.07) is 6.79. The lowest BCUT2D eigenvalue weighted by Crippen LogP contribution is -2.33. The van der Waals surface area contributed by atoms with Crippen molar-refractivity contribution >= 4 is 15.9 Å². The van der Waals surface area contributed by atoms with Gasteiger partial charge in [-0.25, -0.2) is 0 Å². The summed E-state index contributed by atoms with van der Waals surface area (Å²) in [6.45, 7) is 6.78. The lowest BCUT2D eigenvalue weighted by atomic mass is 9.82. The fourth-order valence-corrected chi connectivity index (χ4v) is 2.75. The van der Waals surface area contributed by atoms with Gasteiger partial charge < -0.3 is 5.32 Å². The number of halogens is 1. The minimum Gasteiger partial charge on any atom is -0.316 e. The van der Waals surface area contributed by atoms with Crippen molar-refractivity contribution in [3.63, 3.8) is 0 Å². The van der Waals surface area contributed by atoms with Gasteiger partial charge in [-0.05, 0) is 55.5 Å². The maximum atomic E-state index is 3.62.